The van der Waals surface area contributed by atoms with E-state index in [2.05, 4.69) is 14.9 Å². The summed E-state index contributed by atoms with van der Waals surface area (Å²) in [7, 11) is 1.63. The number of nitrogens with zero attached hydrogens (tertiary/aromatic N) is 2. The van der Waals surface area contributed by atoms with Crippen molar-refractivity contribution in [3.8, 4) is 5.75 Å². The largest absolute Gasteiger partial charge is 0.497 e. The number of carbonyl (C=O) groups excluding carboxylic acids is 1. The number of hydrogen-bond donors (Lipinski definition) is 1. The van der Waals surface area contributed by atoms with E-state index >= 15 is 0 Å². The molecule has 1 fully saturated rings. The molecule has 1 aliphatic carbocycles. The van der Waals surface area contributed by atoms with Gasteiger partial charge in [0.25, 0.3) is 0 Å². The highest BCUT2D eigenvalue weighted by molar-refractivity contribution is 5.80. The highest BCUT2D eigenvalue weighted by atomic mass is 16.5. The van der Waals surface area contributed by atoms with Crippen LogP contribution in [-0.4, -0.2) is 34.7 Å². The van der Waals surface area contributed by atoms with Crippen LogP contribution < -0.4 is 10.1 Å². The highest BCUT2D eigenvalue weighted by Crippen LogP contribution is 2.29. The number of hydrogen-bond acceptors (Lipinski definition) is 4. The molecule has 3 rings (SSSR count). The van der Waals surface area contributed by atoms with Gasteiger partial charge in [0.15, 0.2) is 0 Å². The summed E-state index contributed by atoms with van der Waals surface area (Å²) in [4.78, 5) is 16.3. The van der Waals surface area contributed by atoms with E-state index in [1.54, 1.807) is 20.2 Å². The molecule has 1 unspecified atom stereocenters. The summed E-state index contributed by atoms with van der Waals surface area (Å²) in [6.45, 7) is 3.14. The molecule has 0 aliphatic heterocycles. The van der Waals surface area contributed by atoms with Crippen molar-refractivity contribution in [3.05, 3.63) is 48.5 Å². The Morgan fingerprint density at radius 1 is 1.44 bits per heavy atom. The van der Waals surface area contributed by atoms with Crippen molar-refractivity contribution in [2.45, 2.75) is 45.1 Å². The van der Waals surface area contributed by atoms with Crippen LogP contribution in [0, 0.1) is 5.92 Å². The molecule has 25 heavy (non-hydrogen) atoms. The molecule has 0 radical (unpaired) electrons. The molecule has 0 bridgehead atoms. The zero-order valence-corrected chi connectivity index (χ0v) is 14.7. The van der Waals surface area contributed by atoms with Gasteiger partial charge in [-0.1, -0.05) is 12.1 Å². The summed E-state index contributed by atoms with van der Waals surface area (Å²) in [5, 5.41) is 3.07. The van der Waals surface area contributed by atoms with Crippen LogP contribution in [0.15, 0.2) is 43.0 Å². The van der Waals surface area contributed by atoms with Crippen LogP contribution >= 0.6 is 0 Å². The van der Waals surface area contributed by atoms with Gasteiger partial charge in [0.2, 0.25) is 5.91 Å². The summed E-state index contributed by atoms with van der Waals surface area (Å²) in [6.07, 6.45) is 7.14. The number of ether oxygens (including phenoxy) is 2. The molecule has 6 heteroatoms. The SMILES string of the molecule is COc1cccc(COC(C)C(=O)NC2CC(Cn3ccnc3)C2)c1. The molecule has 1 saturated carbocycles. The average Bonchev–Trinajstić information content (AvgIpc) is 3.11. The lowest BCUT2D eigenvalue weighted by atomic mass is 9.80. The summed E-state index contributed by atoms with van der Waals surface area (Å²) in [6, 6.07) is 7.92. The normalized spacial score (nSPS) is 20.6. The quantitative estimate of drug-likeness (QED) is 0.799. The molecule has 1 aliphatic rings. The second-order valence-electron chi connectivity index (χ2n) is 6.61. The first-order valence-corrected chi connectivity index (χ1v) is 8.64. The van der Waals surface area contributed by atoms with Gasteiger partial charge in [0.1, 0.15) is 11.9 Å². The molecule has 1 N–H and O–H groups in total. The van der Waals surface area contributed by atoms with Crippen LogP contribution in [0.1, 0.15) is 25.3 Å². The molecule has 0 spiro atoms. The van der Waals surface area contributed by atoms with Crippen molar-refractivity contribution < 1.29 is 14.3 Å². The van der Waals surface area contributed by atoms with Gasteiger partial charge in [-0.2, -0.15) is 0 Å². The number of methoxy groups -OCH3 is 1. The minimum atomic E-state index is -0.473. The van der Waals surface area contributed by atoms with E-state index in [-0.39, 0.29) is 11.9 Å². The second-order valence-corrected chi connectivity index (χ2v) is 6.61. The van der Waals surface area contributed by atoms with Crippen molar-refractivity contribution in [3.63, 3.8) is 0 Å². The van der Waals surface area contributed by atoms with Crippen LogP contribution in [0.25, 0.3) is 0 Å². The van der Waals surface area contributed by atoms with Gasteiger partial charge in [0.05, 0.1) is 20.0 Å². The second kappa shape index (κ2) is 8.16. The van der Waals surface area contributed by atoms with Gasteiger partial charge in [-0.15, -0.1) is 0 Å². The fourth-order valence-electron chi connectivity index (χ4n) is 3.07. The summed E-state index contributed by atoms with van der Waals surface area (Å²) >= 11 is 0. The van der Waals surface area contributed by atoms with E-state index in [1.165, 1.54) is 0 Å². The lowest BCUT2D eigenvalue weighted by Gasteiger charge is -2.36. The standard InChI is InChI=1S/C19H25N3O3/c1-14(25-12-15-4-3-5-18(10-15)24-2)19(23)21-17-8-16(9-17)11-22-7-6-20-13-22/h3-7,10,13-14,16-17H,8-9,11-12H2,1-2H3,(H,21,23). The van der Waals surface area contributed by atoms with Gasteiger partial charge >= 0.3 is 0 Å². The molecule has 1 aromatic carbocycles. The topological polar surface area (TPSA) is 65.4 Å². The molecular weight excluding hydrogens is 318 g/mol. The maximum absolute atomic E-state index is 12.2. The van der Waals surface area contributed by atoms with Crippen molar-refractivity contribution in [2.24, 2.45) is 5.92 Å². The van der Waals surface area contributed by atoms with E-state index in [1.807, 2.05) is 36.8 Å². The molecular formula is C19H25N3O3. The van der Waals surface area contributed by atoms with Crippen molar-refractivity contribution >= 4 is 5.91 Å². The molecule has 1 amide bonds. The first kappa shape index (κ1) is 17.5. The monoisotopic (exact) mass is 343 g/mol. The van der Waals surface area contributed by atoms with E-state index in [4.69, 9.17) is 9.47 Å². The number of amides is 1. The van der Waals surface area contributed by atoms with Crippen LogP contribution in [0.3, 0.4) is 0 Å². The minimum Gasteiger partial charge on any atom is -0.497 e. The Morgan fingerprint density at radius 2 is 2.28 bits per heavy atom. The van der Waals surface area contributed by atoms with Gasteiger partial charge < -0.3 is 19.4 Å². The van der Waals surface area contributed by atoms with Crippen molar-refractivity contribution in [1.29, 1.82) is 0 Å². The highest BCUT2D eigenvalue weighted by Gasteiger charge is 2.31. The van der Waals surface area contributed by atoms with E-state index in [0.29, 0.717) is 12.5 Å². The molecule has 1 heterocycles. The first-order valence-electron chi connectivity index (χ1n) is 8.64. The van der Waals surface area contributed by atoms with Crippen molar-refractivity contribution in [1.82, 2.24) is 14.9 Å². The summed E-state index contributed by atoms with van der Waals surface area (Å²) in [5.74, 6) is 1.35. The summed E-state index contributed by atoms with van der Waals surface area (Å²) < 4.78 is 13.0. The van der Waals surface area contributed by atoms with E-state index in [0.717, 1.165) is 30.7 Å². The van der Waals surface area contributed by atoms with E-state index < -0.39 is 6.10 Å². The van der Waals surface area contributed by atoms with E-state index in [9.17, 15) is 4.79 Å². The Kier molecular flexibility index (Phi) is 5.71. The molecule has 2 aromatic rings. The number of rotatable bonds is 8. The van der Waals surface area contributed by atoms with Gasteiger partial charge in [-0.05, 0) is 43.4 Å². The molecule has 0 saturated heterocycles. The Labute approximate surface area is 148 Å². The lowest BCUT2D eigenvalue weighted by molar-refractivity contribution is -0.134. The average molecular weight is 343 g/mol. The third-order valence-corrected chi connectivity index (χ3v) is 4.61. The Hall–Kier alpha value is -2.34. The predicted molar refractivity (Wildman–Crippen MR) is 94.1 cm³/mol. The minimum absolute atomic E-state index is 0.0472. The van der Waals surface area contributed by atoms with Crippen LogP contribution in [0.2, 0.25) is 0 Å². The van der Waals surface area contributed by atoms with Crippen molar-refractivity contribution in [2.75, 3.05) is 7.11 Å². The Bertz CT molecular complexity index is 681. The van der Waals surface area contributed by atoms with Gasteiger partial charge in [-0.3, -0.25) is 4.79 Å². The fraction of sp³-hybridized carbons (Fsp3) is 0.474. The van der Waals surface area contributed by atoms with Gasteiger partial charge in [-0.25, -0.2) is 4.98 Å². The number of carbonyl (C=O) groups is 1. The Balaban J connectivity index is 1.37. The number of imidazole rings is 1. The maximum Gasteiger partial charge on any atom is 0.249 e. The zero-order chi connectivity index (χ0) is 17.6. The van der Waals surface area contributed by atoms with Crippen LogP contribution in [-0.2, 0) is 22.7 Å². The first-order chi connectivity index (χ1) is 12.1. The number of benzene rings is 1. The number of aromatic nitrogens is 2. The molecule has 6 nitrogen and oxygen atoms in total. The molecule has 134 valence electrons. The lowest BCUT2D eigenvalue weighted by Crippen LogP contribution is -2.48. The third-order valence-electron chi connectivity index (χ3n) is 4.61. The summed E-state index contributed by atoms with van der Waals surface area (Å²) in [5.41, 5.74) is 0.989. The smallest absolute Gasteiger partial charge is 0.249 e. The Morgan fingerprint density at radius 3 is 3.00 bits per heavy atom. The molecule has 1 aromatic heterocycles. The van der Waals surface area contributed by atoms with Crippen LogP contribution in [0.5, 0.6) is 5.75 Å². The predicted octanol–water partition coefficient (Wildman–Crippen LogP) is 2.39. The fourth-order valence-corrected chi connectivity index (χ4v) is 3.07. The van der Waals surface area contributed by atoms with Gasteiger partial charge in [0, 0.05) is 25.0 Å². The molecule has 1 atom stereocenters. The third kappa shape index (κ3) is 4.82. The van der Waals surface area contributed by atoms with Crippen LogP contribution in [0.4, 0.5) is 0 Å². The number of nitrogens with one attached hydrogen (secondary N) is 1. The maximum atomic E-state index is 12.2. The zero-order valence-electron chi connectivity index (χ0n) is 14.7.